The molecule has 3 atom stereocenters. The van der Waals surface area contributed by atoms with Gasteiger partial charge in [0.2, 0.25) is 5.91 Å². The highest BCUT2D eigenvalue weighted by molar-refractivity contribution is 5.85. The van der Waals surface area contributed by atoms with Crippen LogP contribution in [0, 0.1) is 11.8 Å². The lowest BCUT2D eigenvalue weighted by atomic mass is 9.82. The average Bonchev–Trinajstić information content (AvgIpc) is 2.86. The summed E-state index contributed by atoms with van der Waals surface area (Å²) in [5.41, 5.74) is 0. The van der Waals surface area contributed by atoms with Crippen molar-refractivity contribution in [3.8, 4) is 0 Å². The standard InChI is InChI=1S/C13H19NO4/c15-8-9-4-3-7-14(9)12(16)10-5-1-2-6-11(10)13(17)18/h1-2,9-11,15H,3-8H2,(H,17,18)/t9-,10?,11?/m1/s1. The number of aliphatic carboxylic acids is 1. The van der Waals surface area contributed by atoms with Crippen LogP contribution in [-0.2, 0) is 9.59 Å². The second-order valence-corrected chi connectivity index (χ2v) is 5.00. The van der Waals surface area contributed by atoms with Crippen LogP contribution in [-0.4, -0.2) is 46.2 Å². The predicted octanol–water partition coefficient (Wildman–Crippen LogP) is 0.637. The Kier molecular flexibility index (Phi) is 4.01. The largest absolute Gasteiger partial charge is 0.481 e. The molecule has 1 saturated heterocycles. The summed E-state index contributed by atoms with van der Waals surface area (Å²) in [7, 11) is 0. The van der Waals surface area contributed by atoms with Crippen LogP contribution in [0.5, 0.6) is 0 Å². The first-order chi connectivity index (χ1) is 8.65. The smallest absolute Gasteiger partial charge is 0.307 e. The van der Waals surface area contributed by atoms with Crippen molar-refractivity contribution in [3.63, 3.8) is 0 Å². The minimum atomic E-state index is -0.905. The quantitative estimate of drug-likeness (QED) is 0.723. The Labute approximate surface area is 106 Å². The average molecular weight is 253 g/mol. The van der Waals surface area contributed by atoms with Crippen molar-refractivity contribution in [1.29, 1.82) is 0 Å². The van der Waals surface area contributed by atoms with Gasteiger partial charge < -0.3 is 15.1 Å². The van der Waals surface area contributed by atoms with E-state index in [0.29, 0.717) is 19.4 Å². The van der Waals surface area contributed by atoms with Crippen molar-refractivity contribution in [2.24, 2.45) is 11.8 Å². The van der Waals surface area contributed by atoms with E-state index in [1.807, 2.05) is 12.2 Å². The number of allylic oxidation sites excluding steroid dienone is 2. The molecule has 2 aliphatic rings. The molecule has 2 rings (SSSR count). The molecule has 0 saturated carbocycles. The van der Waals surface area contributed by atoms with Crippen LogP contribution in [0.3, 0.4) is 0 Å². The van der Waals surface area contributed by atoms with E-state index in [1.54, 1.807) is 4.90 Å². The van der Waals surface area contributed by atoms with Gasteiger partial charge in [0.15, 0.2) is 0 Å². The molecule has 0 radical (unpaired) electrons. The number of hydrogen-bond donors (Lipinski definition) is 2. The summed E-state index contributed by atoms with van der Waals surface area (Å²) in [5, 5.41) is 18.4. The van der Waals surface area contributed by atoms with Gasteiger partial charge in [-0.3, -0.25) is 9.59 Å². The van der Waals surface area contributed by atoms with E-state index in [9.17, 15) is 14.7 Å². The molecule has 100 valence electrons. The van der Waals surface area contributed by atoms with Gasteiger partial charge in [-0.05, 0) is 25.7 Å². The SMILES string of the molecule is O=C(O)C1CC=CCC1C(=O)N1CCC[C@@H]1CO. The van der Waals surface area contributed by atoms with E-state index in [1.165, 1.54) is 0 Å². The van der Waals surface area contributed by atoms with Gasteiger partial charge in [0.1, 0.15) is 0 Å². The lowest BCUT2D eigenvalue weighted by Crippen LogP contribution is -2.45. The van der Waals surface area contributed by atoms with Crippen LogP contribution < -0.4 is 0 Å². The van der Waals surface area contributed by atoms with Gasteiger partial charge in [0.25, 0.3) is 0 Å². The molecule has 0 aromatic heterocycles. The Bertz CT molecular complexity index is 366. The fourth-order valence-corrected chi connectivity index (χ4v) is 2.89. The first-order valence-electron chi connectivity index (χ1n) is 6.44. The first-order valence-corrected chi connectivity index (χ1v) is 6.44. The summed E-state index contributed by atoms with van der Waals surface area (Å²) >= 11 is 0. The molecule has 0 aromatic rings. The maximum Gasteiger partial charge on any atom is 0.307 e. The predicted molar refractivity (Wildman–Crippen MR) is 64.8 cm³/mol. The van der Waals surface area contributed by atoms with Crippen molar-refractivity contribution >= 4 is 11.9 Å². The zero-order valence-corrected chi connectivity index (χ0v) is 10.3. The van der Waals surface area contributed by atoms with Gasteiger partial charge >= 0.3 is 5.97 Å². The molecule has 0 spiro atoms. The minimum absolute atomic E-state index is 0.0357. The third-order valence-corrected chi connectivity index (χ3v) is 3.94. The summed E-state index contributed by atoms with van der Waals surface area (Å²) in [6, 6.07) is -0.127. The highest BCUT2D eigenvalue weighted by Crippen LogP contribution is 2.30. The van der Waals surface area contributed by atoms with Gasteiger partial charge in [-0.25, -0.2) is 0 Å². The van der Waals surface area contributed by atoms with Gasteiger partial charge in [-0.2, -0.15) is 0 Å². The fraction of sp³-hybridized carbons (Fsp3) is 0.692. The summed E-state index contributed by atoms with van der Waals surface area (Å²) < 4.78 is 0. The Morgan fingerprint density at radius 3 is 2.50 bits per heavy atom. The summed E-state index contributed by atoms with van der Waals surface area (Å²) in [6.45, 7) is 0.600. The second kappa shape index (κ2) is 5.52. The topological polar surface area (TPSA) is 77.8 Å². The Hall–Kier alpha value is -1.36. The lowest BCUT2D eigenvalue weighted by molar-refractivity contribution is -0.151. The molecular weight excluding hydrogens is 234 g/mol. The normalized spacial score (nSPS) is 31.6. The van der Waals surface area contributed by atoms with Gasteiger partial charge in [-0.15, -0.1) is 0 Å². The van der Waals surface area contributed by atoms with Crippen LogP contribution in [0.1, 0.15) is 25.7 Å². The molecule has 2 N–H and O–H groups in total. The molecule has 1 amide bonds. The number of likely N-dealkylation sites (tertiary alicyclic amines) is 1. The third-order valence-electron chi connectivity index (χ3n) is 3.94. The monoisotopic (exact) mass is 253 g/mol. The number of aliphatic hydroxyl groups is 1. The van der Waals surface area contributed by atoms with Crippen LogP contribution in [0.25, 0.3) is 0 Å². The van der Waals surface area contributed by atoms with E-state index >= 15 is 0 Å². The van der Waals surface area contributed by atoms with Crippen molar-refractivity contribution in [2.45, 2.75) is 31.7 Å². The number of aliphatic hydroxyl groups excluding tert-OH is 1. The van der Waals surface area contributed by atoms with E-state index in [-0.39, 0.29) is 18.6 Å². The Morgan fingerprint density at radius 2 is 1.89 bits per heavy atom. The molecule has 18 heavy (non-hydrogen) atoms. The summed E-state index contributed by atoms with van der Waals surface area (Å²) in [6.07, 6.45) is 6.32. The van der Waals surface area contributed by atoms with Crippen molar-refractivity contribution in [3.05, 3.63) is 12.2 Å². The highest BCUT2D eigenvalue weighted by Gasteiger charge is 2.39. The highest BCUT2D eigenvalue weighted by atomic mass is 16.4. The molecule has 5 nitrogen and oxygen atoms in total. The first kappa shape index (κ1) is 13.1. The minimum Gasteiger partial charge on any atom is -0.481 e. The molecule has 5 heteroatoms. The Morgan fingerprint density at radius 1 is 1.22 bits per heavy atom. The van der Waals surface area contributed by atoms with Gasteiger partial charge in [0.05, 0.1) is 24.5 Å². The molecule has 1 heterocycles. The number of carboxylic acids is 1. The molecular formula is C13H19NO4. The lowest BCUT2D eigenvalue weighted by Gasteiger charge is -2.31. The number of carbonyl (C=O) groups excluding carboxylic acids is 1. The third kappa shape index (κ3) is 2.41. The summed E-state index contributed by atoms with van der Waals surface area (Å²) in [5.74, 6) is -2.11. The number of amides is 1. The number of carboxylic acid groups (broad SMARTS) is 1. The molecule has 1 aliphatic carbocycles. The van der Waals surface area contributed by atoms with E-state index in [0.717, 1.165) is 12.8 Å². The van der Waals surface area contributed by atoms with Crippen LogP contribution in [0.2, 0.25) is 0 Å². The van der Waals surface area contributed by atoms with Crippen molar-refractivity contribution < 1.29 is 19.8 Å². The number of hydrogen-bond acceptors (Lipinski definition) is 3. The van der Waals surface area contributed by atoms with E-state index in [2.05, 4.69) is 0 Å². The number of carbonyl (C=O) groups is 2. The molecule has 1 fully saturated rings. The maximum absolute atomic E-state index is 12.4. The number of nitrogens with zero attached hydrogens (tertiary/aromatic N) is 1. The van der Waals surface area contributed by atoms with Crippen LogP contribution in [0.4, 0.5) is 0 Å². The number of rotatable bonds is 3. The Balaban J connectivity index is 2.11. The zero-order chi connectivity index (χ0) is 13.1. The fourth-order valence-electron chi connectivity index (χ4n) is 2.89. The maximum atomic E-state index is 12.4. The van der Waals surface area contributed by atoms with E-state index in [4.69, 9.17) is 5.11 Å². The van der Waals surface area contributed by atoms with Crippen molar-refractivity contribution in [1.82, 2.24) is 4.90 Å². The van der Waals surface area contributed by atoms with Gasteiger partial charge in [0, 0.05) is 6.54 Å². The molecule has 1 aliphatic heterocycles. The van der Waals surface area contributed by atoms with Crippen LogP contribution in [0.15, 0.2) is 12.2 Å². The second-order valence-electron chi connectivity index (χ2n) is 5.00. The van der Waals surface area contributed by atoms with Gasteiger partial charge in [-0.1, -0.05) is 12.2 Å². The van der Waals surface area contributed by atoms with Crippen molar-refractivity contribution in [2.75, 3.05) is 13.2 Å². The van der Waals surface area contributed by atoms with E-state index < -0.39 is 17.8 Å². The molecule has 0 aromatic carbocycles. The molecule has 2 unspecified atom stereocenters. The zero-order valence-electron chi connectivity index (χ0n) is 10.3. The van der Waals surface area contributed by atoms with Crippen LogP contribution >= 0.6 is 0 Å². The molecule has 0 bridgehead atoms. The summed E-state index contributed by atoms with van der Waals surface area (Å²) in [4.78, 5) is 25.2.